The summed E-state index contributed by atoms with van der Waals surface area (Å²) < 4.78 is 10.1. The van der Waals surface area contributed by atoms with Crippen LogP contribution in [0.4, 0.5) is 4.79 Å². The number of carboxylic acids is 1. The zero-order valence-electron chi connectivity index (χ0n) is 13.5. The molecule has 0 aliphatic carbocycles. The van der Waals surface area contributed by atoms with E-state index < -0.39 is 41.7 Å². The van der Waals surface area contributed by atoms with Gasteiger partial charge >= 0.3 is 18.0 Å². The molecule has 0 spiro atoms. The first-order valence-electron chi connectivity index (χ1n) is 6.71. The zero-order valence-corrected chi connectivity index (χ0v) is 13.5. The van der Waals surface area contributed by atoms with Gasteiger partial charge in [-0.2, -0.15) is 0 Å². The Morgan fingerprint density at radius 1 is 0.952 bits per heavy atom. The molecule has 0 saturated heterocycles. The summed E-state index contributed by atoms with van der Waals surface area (Å²) in [6.07, 6.45) is -1.39. The number of carbonyl (C=O) groups excluding carboxylic acids is 2. The van der Waals surface area contributed by atoms with Crippen molar-refractivity contribution in [1.82, 2.24) is 5.32 Å². The quantitative estimate of drug-likeness (QED) is 0.754. The second kappa shape index (κ2) is 7.28. The van der Waals surface area contributed by atoms with Gasteiger partial charge < -0.3 is 19.9 Å². The highest BCUT2D eigenvalue weighted by atomic mass is 16.6. The van der Waals surface area contributed by atoms with Crippen molar-refractivity contribution in [3.8, 4) is 0 Å². The molecule has 1 atom stereocenters. The minimum atomic E-state index is -1.13. The van der Waals surface area contributed by atoms with E-state index in [0.29, 0.717) is 0 Å². The van der Waals surface area contributed by atoms with Gasteiger partial charge in [0, 0.05) is 0 Å². The van der Waals surface area contributed by atoms with Crippen molar-refractivity contribution in [2.45, 2.75) is 71.6 Å². The van der Waals surface area contributed by atoms with Gasteiger partial charge in [-0.1, -0.05) is 0 Å². The van der Waals surface area contributed by atoms with Crippen LogP contribution in [0.2, 0.25) is 0 Å². The van der Waals surface area contributed by atoms with Crippen LogP contribution in [0.25, 0.3) is 0 Å². The van der Waals surface area contributed by atoms with Gasteiger partial charge in [0.25, 0.3) is 0 Å². The predicted octanol–water partition coefficient (Wildman–Crippen LogP) is 2.09. The van der Waals surface area contributed by atoms with Crippen molar-refractivity contribution in [2.24, 2.45) is 0 Å². The number of hydrogen-bond donors (Lipinski definition) is 2. The van der Waals surface area contributed by atoms with Crippen molar-refractivity contribution in [2.75, 3.05) is 0 Å². The second-order valence-corrected chi connectivity index (χ2v) is 6.73. The first-order chi connectivity index (χ1) is 9.28. The predicted molar refractivity (Wildman–Crippen MR) is 75.9 cm³/mol. The van der Waals surface area contributed by atoms with Crippen LogP contribution >= 0.6 is 0 Å². The molecular formula is C14H25NO6. The molecule has 7 heteroatoms. The summed E-state index contributed by atoms with van der Waals surface area (Å²) in [4.78, 5) is 34.1. The number of alkyl carbamates (subject to hydrolysis) is 1. The lowest BCUT2D eigenvalue weighted by Gasteiger charge is -2.24. The van der Waals surface area contributed by atoms with E-state index in [-0.39, 0.29) is 6.42 Å². The summed E-state index contributed by atoms with van der Waals surface area (Å²) in [6, 6.07) is -0.882. The number of carboxylic acid groups (broad SMARTS) is 1. The van der Waals surface area contributed by atoms with E-state index in [1.807, 2.05) is 0 Å². The number of rotatable bonds is 5. The van der Waals surface area contributed by atoms with Crippen molar-refractivity contribution in [3.05, 3.63) is 0 Å². The third-order valence-corrected chi connectivity index (χ3v) is 1.97. The van der Waals surface area contributed by atoms with Crippen LogP contribution < -0.4 is 5.32 Å². The van der Waals surface area contributed by atoms with Crippen LogP contribution in [0, 0.1) is 0 Å². The number of aliphatic carboxylic acids is 1. The highest BCUT2D eigenvalue weighted by Gasteiger charge is 2.25. The van der Waals surface area contributed by atoms with E-state index in [0.717, 1.165) is 0 Å². The van der Waals surface area contributed by atoms with E-state index >= 15 is 0 Å². The van der Waals surface area contributed by atoms with E-state index in [4.69, 9.17) is 14.6 Å². The molecule has 0 aliphatic heterocycles. The standard InChI is InChI=1S/C14H25NO6/c1-13(2,3)20-11(18)8-9(7-10(16)17)15-12(19)21-14(4,5)6/h9H,7-8H2,1-6H3,(H,15,19)(H,16,17). The molecule has 0 aromatic rings. The average Bonchev–Trinajstić information content (AvgIpc) is 2.07. The monoisotopic (exact) mass is 303 g/mol. The molecule has 1 amide bonds. The maximum absolute atomic E-state index is 11.7. The van der Waals surface area contributed by atoms with Crippen LogP contribution in [0.5, 0.6) is 0 Å². The van der Waals surface area contributed by atoms with Crippen molar-refractivity contribution in [3.63, 3.8) is 0 Å². The number of carbonyl (C=O) groups is 3. The van der Waals surface area contributed by atoms with Gasteiger partial charge in [0.15, 0.2) is 0 Å². The molecular weight excluding hydrogens is 278 g/mol. The molecule has 21 heavy (non-hydrogen) atoms. The maximum Gasteiger partial charge on any atom is 0.407 e. The van der Waals surface area contributed by atoms with Crippen LogP contribution in [0.3, 0.4) is 0 Å². The van der Waals surface area contributed by atoms with Crippen LogP contribution in [-0.4, -0.2) is 40.4 Å². The summed E-state index contributed by atoms with van der Waals surface area (Å²) in [5.41, 5.74) is -1.37. The Labute approximate surface area is 125 Å². The van der Waals surface area contributed by atoms with E-state index in [1.165, 1.54) is 0 Å². The second-order valence-electron chi connectivity index (χ2n) is 6.73. The smallest absolute Gasteiger partial charge is 0.407 e. The van der Waals surface area contributed by atoms with Crippen molar-refractivity contribution < 1.29 is 29.0 Å². The Morgan fingerprint density at radius 2 is 1.43 bits per heavy atom. The lowest BCUT2D eigenvalue weighted by atomic mass is 10.1. The molecule has 0 rings (SSSR count). The van der Waals surface area contributed by atoms with Crippen LogP contribution in [-0.2, 0) is 19.1 Å². The molecule has 0 heterocycles. The largest absolute Gasteiger partial charge is 0.481 e. The summed E-state index contributed by atoms with van der Waals surface area (Å²) in [5.74, 6) is -1.70. The van der Waals surface area contributed by atoms with Gasteiger partial charge in [-0.05, 0) is 41.5 Å². The van der Waals surface area contributed by atoms with E-state index in [2.05, 4.69) is 5.32 Å². The lowest BCUT2D eigenvalue weighted by molar-refractivity contribution is -0.155. The normalized spacial score (nSPS) is 13.2. The Bertz CT molecular complexity index is 361. The molecule has 0 radical (unpaired) electrons. The fraction of sp³-hybridized carbons (Fsp3) is 0.786. The molecule has 1 unspecified atom stereocenters. The number of esters is 1. The van der Waals surface area contributed by atoms with Gasteiger partial charge in [-0.15, -0.1) is 0 Å². The maximum atomic E-state index is 11.7. The highest BCUT2D eigenvalue weighted by molar-refractivity contribution is 5.76. The van der Waals surface area contributed by atoms with E-state index in [1.54, 1.807) is 41.5 Å². The fourth-order valence-electron chi connectivity index (χ4n) is 1.44. The highest BCUT2D eigenvalue weighted by Crippen LogP contribution is 2.12. The van der Waals surface area contributed by atoms with Gasteiger partial charge in [-0.25, -0.2) is 4.79 Å². The van der Waals surface area contributed by atoms with Crippen molar-refractivity contribution >= 4 is 18.0 Å². The number of nitrogens with one attached hydrogen (secondary N) is 1. The molecule has 0 saturated carbocycles. The average molecular weight is 303 g/mol. The Hall–Kier alpha value is -1.79. The minimum absolute atomic E-state index is 0.233. The van der Waals surface area contributed by atoms with Crippen molar-refractivity contribution in [1.29, 1.82) is 0 Å². The summed E-state index contributed by atoms with van der Waals surface area (Å²) in [7, 11) is 0. The van der Waals surface area contributed by atoms with Gasteiger partial charge in [-0.3, -0.25) is 9.59 Å². The topological polar surface area (TPSA) is 102 Å². The zero-order chi connectivity index (χ0) is 16.8. The Kier molecular flexibility index (Phi) is 6.66. The summed E-state index contributed by atoms with van der Waals surface area (Å²) in [5, 5.41) is 11.2. The van der Waals surface area contributed by atoms with E-state index in [9.17, 15) is 14.4 Å². The molecule has 0 fully saturated rings. The molecule has 122 valence electrons. The molecule has 7 nitrogen and oxygen atoms in total. The van der Waals surface area contributed by atoms with Gasteiger partial charge in [0.05, 0.1) is 18.9 Å². The molecule has 0 aromatic heterocycles. The third kappa shape index (κ3) is 11.7. The Balaban J connectivity index is 4.63. The third-order valence-electron chi connectivity index (χ3n) is 1.97. The number of amides is 1. The molecule has 0 aliphatic rings. The minimum Gasteiger partial charge on any atom is -0.481 e. The van der Waals surface area contributed by atoms with Crippen LogP contribution in [0.15, 0.2) is 0 Å². The molecule has 0 aromatic carbocycles. The lowest BCUT2D eigenvalue weighted by Crippen LogP contribution is -2.42. The van der Waals surface area contributed by atoms with Gasteiger partial charge in [0.2, 0.25) is 0 Å². The number of hydrogen-bond acceptors (Lipinski definition) is 5. The summed E-state index contributed by atoms with van der Waals surface area (Å²) in [6.45, 7) is 10.2. The first kappa shape index (κ1) is 19.2. The Morgan fingerprint density at radius 3 is 1.81 bits per heavy atom. The van der Waals surface area contributed by atoms with Gasteiger partial charge in [0.1, 0.15) is 11.2 Å². The molecule has 0 bridgehead atoms. The first-order valence-corrected chi connectivity index (χ1v) is 6.71. The molecule has 2 N–H and O–H groups in total. The van der Waals surface area contributed by atoms with Crippen LogP contribution in [0.1, 0.15) is 54.4 Å². The summed E-state index contributed by atoms with van der Waals surface area (Å²) >= 11 is 0. The SMILES string of the molecule is CC(C)(C)OC(=O)CC(CC(=O)O)NC(=O)OC(C)(C)C. The fourth-order valence-corrected chi connectivity index (χ4v) is 1.44. The number of ether oxygens (including phenoxy) is 2.